The van der Waals surface area contributed by atoms with E-state index >= 15 is 0 Å². The standard InChI is InChI=1S/C23H22N2O5/c1-28-20-11-10-16(13-21(20)29-2)15-24-23(27)19(14-18-9-6-12-30-18)25-22(26)17-7-4-3-5-8-17/h3-14H,15H2,1-2H3,(H,24,27)(H,25,26)/b19-14-. The van der Waals surface area contributed by atoms with Crippen LogP contribution in [0.15, 0.2) is 77.0 Å². The Bertz CT molecular complexity index is 1030. The van der Waals surface area contributed by atoms with E-state index in [1.807, 2.05) is 12.1 Å². The smallest absolute Gasteiger partial charge is 0.268 e. The summed E-state index contributed by atoms with van der Waals surface area (Å²) in [6, 6.07) is 17.4. The lowest BCUT2D eigenvalue weighted by Gasteiger charge is -2.12. The zero-order valence-electron chi connectivity index (χ0n) is 16.7. The Kier molecular flexibility index (Phi) is 6.89. The minimum atomic E-state index is -0.453. The summed E-state index contributed by atoms with van der Waals surface area (Å²) in [7, 11) is 3.10. The highest BCUT2D eigenvalue weighted by Gasteiger charge is 2.15. The molecule has 30 heavy (non-hydrogen) atoms. The first kappa shape index (κ1) is 20.7. The lowest BCUT2D eigenvalue weighted by atomic mass is 10.2. The lowest BCUT2D eigenvalue weighted by Crippen LogP contribution is -2.34. The van der Waals surface area contributed by atoms with Crippen LogP contribution < -0.4 is 20.1 Å². The Labute approximate surface area is 174 Å². The molecular weight excluding hydrogens is 384 g/mol. The second-order valence-corrected chi connectivity index (χ2v) is 6.27. The summed E-state index contributed by atoms with van der Waals surface area (Å²) >= 11 is 0. The van der Waals surface area contributed by atoms with Crippen molar-refractivity contribution in [1.29, 1.82) is 0 Å². The molecule has 1 aromatic heterocycles. The molecule has 0 saturated carbocycles. The van der Waals surface area contributed by atoms with Crippen molar-refractivity contribution < 1.29 is 23.5 Å². The van der Waals surface area contributed by atoms with E-state index in [-0.39, 0.29) is 12.2 Å². The van der Waals surface area contributed by atoms with E-state index in [1.165, 1.54) is 12.3 Å². The molecule has 3 rings (SSSR count). The predicted molar refractivity (Wildman–Crippen MR) is 112 cm³/mol. The van der Waals surface area contributed by atoms with Crippen molar-refractivity contribution >= 4 is 17.9 Å². The van der Waals surface area contributed by atoms with E-state index < -0.39 is 11.8 Å². The van der Waals surface area contributed by atoms with E-state index in [4.69, 9.17) is 13.9 Å². The van der Waals surface area contributed by atoms with Crippen LogP contribution in [-0.4, -0.2) is 26.0 Å². The Morgan fingerprint density at radius 3 is 2.40 bits per heavy atom. The molecule has 154 valence electrons. The maximum Gasteiger partial charge on any atom is 0.268 e. The number of furan rings is 1. The first-order valence-electron chi connectivity index (χ1n) is 9.21. The van der Waals surface area contributed by atoms with E-state index in [0.29, 0.717) is 22.8 Å². The third-order valence-electron chi connectivity index (χ3n) is 4.26. The number of rotatable bonds is 8. The van der Waals surface area contributed by atoms with Gasteiger partial charge in [0.2, 0.25) is 0 Å². The topological polar surface area (TPSA) is 89.8 Å². The predicted octanol–water partition coefficient (Wildman–Crippen LogP) is 3.38. The lowest BCUT2D eigenvalue weighted by molar-refractivity contribution is -0.117. The number of nitrogens with one attached hydrogen (secondary N) is 2. The van der Waals surface area contributed by atoms with Crippen molar-refractivity contribution in [2.45, 2.75) is 6.54 Å². The molecule has 0 unspecified atom stereocenters. The third-order valence-corrected chi connectivity index (χ3v) is 4.26. The van der Waals surface area contributed by atoms with Crippen molar-refractivity contribution in [3.63, 3.8) is 0 Å². The number of methoxy groups -OCH3 is 2. The van der Waals surface area contributed by atoms with Crippen molar-refractivity contribution in [2.24, 2.45) is 0 Å². The van der Waals surface area contributed by atoms with E-state index in [9.17, 15) is 9.59 Å². The molecule has 1 heterocycles. The molecule has 0 bridgehead atoms. The van der Waals surface area contributed by atoms with Crippen LogP contribution in [0.5, 0.6) is 11.5 Å². The largest absolute Gasteiger partial charge is 0.493 e. The molecule has 0 atom stereocenters. The summed E-state index contributed by atoms with van der Waals surface area (Å²) in [5.74, 6) is 0.758. The number of hydrogen-bond donors (Lipinski definition) is 2. The maximum absolute atomic E-state index is 12.8. The molecule has 2 amide bonds. The Balaban J connectivity index is 1.75. The second-order valence-electron chi connectivity index (χ2n) is 6.27. The summed E-state index contributed by atoms with van der Waals surface area (Å²) in [5.41, 5.74) is 1.32. The Morgan fingerprint density at radius 1 is 0.967 bits per heavy atom. The van der Waals surface area contributed by atoms with Gasteiger partial charge in [0.05, 0.1) is 20.5 Å². The number of hydrogen-bond acceptors (Lipinski definition) is 5. The number of carbonyl (C=O) groups is 2. The van der Waals surface area contributed by atoms with Crippen molar-refractivity contribution in [3.05, 3.63) is 89.5 Å². The summed E-state index contributed by atoms with van der Waals surface area (Å²) < 4.78 is 15.8. The fourth-order valence-corrected chi connectivity index (χ4v) is 2.73. The van der Waals surface area contributed by atoms with Gasteiger partial charge < -0.3 is 24.5 Å². The van der Waals surface area contributed by atoms with Crippen LogP contribution in [0, 0.1) is 0 Å². The molecule has 0 aliphatic rings. The number of carbonyl (C=O) groups excluding carboxylic acids is 2. The first-order valence-corrected chi connectivity index (χ1v) is 9.21. The molecule has 0 radical (unpaired) electrons. The van der Waals surface area contributed by atoms with Gasteiger partial charge in [-0.2, -0.15) is 0 Å². The zero-order chi connectivity index (χ0) is 21.3. The van der Waals surface area contributed by atoms with Crippen LogP contribution in [-0.2, 0) is 11.3 Å². The molecule has 2 aromatic carbocycles. The van der Waals surface area contributed by atoms with Gasteiger partial charge in [-0.15, -0.1) is 0 Å². The van der Waals surface area contributed by atoms with Gasteiger partial charge in [0.25, 0.3) is 11.8 Å². The van der Waals surface area contributed by atoms with Crippen molar-refractivity contribution in [1.82, 2.24) is 10.6 Å². The molecule has 2 N–H and O–H groups in total. The quantitative estimate of drug-likeness (QED) is 0.560. The van der Waals surface area contributed by atoms with Gasteiger partial charge in [0, 0.05) is 18.2 Å². The van der Waals surface area contributed by atoms with Gasteiger partial charge >= 0.3 is 0 Å². The van der Waals surface area contributed by atoms with Gasteiger partial charge in [-0.1, -0.05) is 24.3 Å². The molecule has 0 spiro atoms. The van der Waals surface area contributed by atoms with Gasteiger partial charge in [-0.3, -0.25) is 9.59 Å². The van der Waals surface area contributed by atoms with Crippen molar-refractivity contribution in [2.75, 3.05) is 14.2 Å². The maximum atomic E-state index is 12.8. The average Bonchev–Trinajstić information content (AvgIpc) is 3.30. The summed E-state index contributed by atoms with van der Waals surface area (Å²) in [4.78, 5) is 25.3. The third kappa shape index (κ3) is 5.29. The minimum absolute atomic E-state index is 0.0688. The molecule has 7 nitrogen and oxygen atoms in total. The van der Waals surface area contributed by atoms with Gasteiger partial charge in [0.15, 0.2) is 11.5 Å². The zero-order valence-corrected chi connectivity index (χ0v) is 16.7. The molecule has 0 aliphatic carbocycles. The highest BCUT2D eigenvalue weighted by molar-refractivity contribution is 6.05. The molecule has 3 aromatic rings. The van der Waals surface area contributed by atoms with E-state index in [2.05, 4.69) is 10.6 Å². The van der Waals surface area contributed by atoms with E-state index in [0.717, 1.165) is 5.56 Å². The van der Waals surface area contributed by atoms with Gasteiger partial charge in [0.1, 0.15) is 11.5 Å². The summed E-state index contributed by atoms with van der Waals surface area (Å²) in [6.45, 7) is 0.232. The van der Waals surface area contributed by atoms with Gasteiger partial charge in [-0.05, 0) is 42.0 Å². The molecule has 7 heteroatoms. The van der Waals surface area contributed by atoms with Crippen LogP contribution >= 0.6 is 0 Å². The normalized spacial score (nSPS) is 10.9. The first-order chi connectivity index (χ1) is 14.6. The molecular formula is C23H22N2O5. The Morgan fingerprint density at radius 2 is 1.73 bits per heavy atom. The van der Waals surface area contributed by atoms with Crippen molar-refractivity contribution in [3.8, 4) is 11.5 Å². The van der Waals surface area contributed by atoms with Gasteiger partial charge in [-0.25, -0.2) is 0 Å². The number of benzene rings is 2. The highest BCUT2D eigenvalue weighted by Crippen LogP contribution is 2.27. The molecule has 0 saturated heterocycles. The fourth-order valence-electron chi connectivity index (χ4n) is 2.73. The van der Waals surface area contributed by atoms with Crippen LogP contribution in [0.2, 0.25) is 0 Å². The van der Waals surface area contributed by atoms with E-state index in [1.54, 1.807) is 62.8 Å². The number of amides is 2. The second kappa shape index (κ2) is 9.97. The number of ether oxygens (including phenoxy) is 2. The summed E-state index contributed by atoms with van der Waals surface area (Å²) in [6.07, 6.45) is 2.97. The highest BCUT2D eigenvalue weighted by atomic mass is 16.5. The van der Waals surface area contributed by atoms with Crippen LogP contribution in [0.3, 0.4) is 0 Å². The monoisotopic (exact) mass is 406 g/mol. The minimum Gasteiger partial charge on any atom is -0.493 e. The Hall–Kier alpha value is -4.00. The summed E-state index contributed by atoms with van der Waals surface area (Å²) in [5, 5.41) is 5.45. The fraction of sp³-hybridized carbons (Fsp3) is 0.130. The van der Waals surface area contributed by atoms with Crippen LogP contribution in [0.4, 0.5) is 0 Å². The van der Waals surface area contributed by atoms with Crippen LogP contribution in [0.1, 0.15) is 21.7 Å². The SMILES string of the molecule is COc1ccc(CNC(=O)/C(=C/c2ccco2)NC(=O)c2ccccc2)cc1OC. The molecule has 0 aliphatic heterocycles. The average molecular weight is 406 g/mol. The van der Waals surface area contributed by atoms with Crippen LogP contribution in [0.25, 0.3) is 6.08 Å². The molecule has 0 fully saturated rings.